The Morgan fingerprint density at radius 3 is 2.75 bits per heavy atom. The van der Waals surface area contributed by atoms with Gasteiger partial charge < -0.3 is 11.1 Å². The molecule has 1 heterocycles. The first kappa shape index (κ1) is 16.1. The molecule has 0 unspecified atom stereocenters. The van der Waals surface area contributed by atoms with Crippen molar-refractivity contribution in [1.29, 1.82) is 0 Å². The second kappa shape index (κ2) is 7.62. The van der Waals surface area contributed by atoms with E-state index < -0.39 is 9.84 Å². The van der Waals surface area contributed by atoms with Crippen LogP contribution in [0.5, 0.6) is 0 Å². The van der Waals surface area contributed by atoms with Crippen molar-refractivity contribution >= 4 is 15.7 Å². The molecule has 0 saturated heterocycles. The number of hydrogen-bond donors (Lipinski definition) is 2. The van der Waals surface area contributed by atoms with E-state index in [1.165, 1.54) is 6.20 Å². The monoisotopic (exact) mass is 295 g/mol. The van der Waals surface area contributed by atoms with E-state index in [2.05, 4.69) is 22.1 Å². The molecule has 1 rings (SSSR count). The average Bonchev–Trinajstić information content (AvgIpc) is 2.40. The van der Waals surface area contributed by atoms with Crippen LogP contribution in [0.3, 0.4) is 0 Å². The molecule has 3 N–H and O–H groups in total. The molecule has 1 aromatic heterocycles. The summed E-state index contributed by atoms with van der Waals surface area (Å²) >= 11 is 0. The summed E-state index contributed by atoms with van der Waals surface area (Å²) in [4.78, 5) is 15.7. The largest absolute Gasteiger partial charge is 0.351 e. The van der Waals surface area contributed by atoms with Gasteiger partial charge in [0.2, 0.25) is 0 Å². The molecule has 0 saturated carbocycles. The summed E-state index contributed by atoms with van der Waals surface area (Å²) in [6.45, 7) is 0.560. The Morgan fingerprint density at radius 2 is 2.20 bits per heavy atom. The second-order valence-corrected chi connectivity index (χ2v) is 6.44. The van der Waals surface area contributed by atoms with Gasteiger partial charge in [-0.1, -0.05) is 11.8 Å². The lowest BCUT2D eigenvalue weighted by atomic mass is 10.2. The van der Waals surface area contributed by atoms with Crippen molar-refractivity contribution in [3.63, 3.8) is 0 Å². The molecule has 1 aromatic rings. The number of sulfone groups is 1. The fraction of sp³-hybridized carbons (Fsp3) is 0.385. The molecule has 0 aliphatic heterocycles. The quantitative estimate of drug-likeness (QED) is 0.566. The van der Waals surface area contributed by atoms with Crippen LogP contribution < -0.4 is 11.1 Å². The maximum absolute atomic E-state index is 11.7. The SMILES string of the molecule is CS(=O)(=O)CCCNC(=O)c1ccc(C#CCN)cn1. The Hall–Kier alpha value is -1.91. The van der Waals surface area contributed by atoms with Crippen LogP contribution in [0.2, 0.25) is 0 Å². The van der Waals surface area contributed by atoms with Crippen molar-refractivity contribution in [3.8, 4) is 11.8 Å². The summed E-state index contributed by atoms with van der Waals surface area (Å²) in [5.41, 5.74) is 6.20. The van der Waals surface area contributed by atoms with Crippen LogP contribution in [0, 0.1) is 11.8 Å². The van der Waals surface area contributed by atoms with E-state index in [1.54, 1.807) is 12.1 Å². The molecule has 0 atom stereocenters. The Morgan fingerprint density at radius 1 is 1.45 bits per heavy atom. The Labute approximate surface area is 118 Å². The molecule has 0 radical (unpaired) electrons. The molecule has 0 fully saturated rings. The van der Waals surface area contributed by atoms with Gasteiger partial charge in [-0.2, -0.15) is 0 Å². The normalized spacial score (nSPS) is 10.5. The third-order valence-corrected chi connectivity index (χ3v) is 3.34. The number of nitrogens with two attached hydrogens (primary N) is 1. The van der Waals surface area contributed by atoms with Gasteiger partial charge in [0.15, 0.2) is 0 Å². The summed E-state index contributed by atoms with van der Waals surface area (Å²) in [6, 6.07) is 3.24. The van der Waals surface area contributed by atoms with E-state index in [0.717, 1.165) is 6.26 Å². The lowest BCUT2D eigenvalue weighted by Gasteiger charge is -2.04. The summed E-state index contributed by atoms with van der Waals surface area (Å²) < 4.78 is 21.8. The number of rotatable bonds is 5. The second-order valence-electron chi connectivity index (χ2n) is 4.18. The lowest BCUT2D eigenvalue weighted by Crippen LogP contribution is -2.26. The van der Waals surface area contributed by atoms with Gasteiger partial charge in [-0.25, -0.2) is 13.4 Å². The number of carbonyl (C=O) groups excluding carboxylic acids is 1. The van der Waals surface area contributed by atoms with E-state index in [-0.39, 0.29) is 23.9 Å². The molecule has 1 amide bonds. The summed E-state index contributed by atoms with van der Waals surface area (Å²) in [5, 5.41) is 2.61. The van der Waals surface area contributed by atoms with Gasteiger partial charge in [0, 0.05) is 24.6 Å². The highest BCUT2D eigenvalue weighted by Crippen LogP contribution is 1.99. The number of amides is 1. The topological polar surface area (TPSA) is 102 Å². The predicted molar refractivity (Wildman–Crippen MR) is 76.8 cm³/mol. The first-order chi connectivity index (χ1) is 9.42. The minimum Gasteiger partial charge on any atom is -0.351 e. The summed E-state index contributed by atoms with van der Waals surface area (Å²) in [7, 11) is -2.99. The number of carbonyl (C=O) groups is 1. The highest BCUT2D eigenvalue weighted by Gasteiger charge is 2.07. The van der Waals surface area contributed by atoms with Crippen LogP contribution >= 0.6 is 0 Å². The van der Waals surface area contributed by atoms with E-state index in [9.17, 15) is 13.2 Å². The molecule has 0 bridgehead atoms. The van der Waals surface area contributed by atoms with Crippen LogP contribution in [0.4, 0.5) is 0 Å². The molecule has 7 heteroatoms. The van der Waals surface area contributed by atoms with Crippen molar-refractivity contribution in [2.75, 3.05) is 25.1 Å². The molecule has 0 aliphatic rings. The minimum atomic E-state index is -2.99. The Balaban J connectivity index is 2.48. The van der Waals surface area contributed by atoms with Crippen molar-refractivity contribution in [3.05, 3.63) is 29.6 Å². The molecule has 6 nitrogen and oxygen atoms in total. The van der Waals surface area contributed by atoms with Crippen molar-refractivity contribution in [2.45, 2.75) is 6.42 Å². The summed E-state index contributed by atoms with van der Waals surface area (Å²) in [5.74, 6) is 5.21. The van der Waals surface area contributed by atoms with Crippen molar-refractivity contribution in [2.24, 2.45) is 5.73 Å². The molecule has 20 heavy (non-hydrogen) atoms. The van der Waals surface area contributed by atoms with Gasteiger partial charge in [0.05, 0.1) is 12.3 Å². The van der Waals surface area contributed by atoms with Gasteiger partial charge in [-0.15, -0.1) is 0 Å². The lowest BCUT2D eigenvalue weighted by molar-refractivity contribution is 0.0948. The number of aromatic nitrogens is 1. The maximum Gasteiger partial charge on any atom is 0.269 e. The smallest absolute Gasteiger partial charge is 0.269 e. The highest BCUT2D eigenvalue weighted by atomic mass is 32.2. The fourth-order valence-electron chi connectivity index (χ4n) is 1.38. The Kier molecular flexibility index (Phi) is 6.15. The van der Waals surface area contributed by atoms with Crippen molar-refractivity contribution in [1.82, 2.24) is 10.3 Å². The summed E-state index contributed by atoms with van der Waals surface area (Å²) in [6.07, 6.45) is 3.04. The van der Waals surface area contributed by atoms with Gasteiger partial charge in [-0.3, -0.25) is 4.79 Å². The van der Waals surface area contributed by atoms with Gasteiger partial charge >= 0.3 is 0 Å². The van der Waals surface area contributed by atoms with Gasteiger partial charge in [-0.05, 0) is 18.6 Å². The third-order valence-electron chi connectivity index (χ3n) is 2.31. The third kappa shape index (κ3) is 6.31. The molecular weight excluding hydrogens is 278 g/mol. The first-order valence-corrected chi connectivity index (χ1v) is 8.09. The predicted octanol–water partition coefficient (Wildman–Crippen LogP) is -0.444. The fourth-order valence-corrected chi connectivity index (χ4v) is 2.05. The van der Waals surface area contributed by atoms with Crippen LogP contribution in [-0.2, 0) is 9.84 Å². The zero-order valence-corrected chi connectivity index (χ0v) is 12.0. The molecule has 0 spiro atoms. The first-order valence-electron chi connectivity index (χ1n) is 6.03. The number of hydrogen-bond acceptors (Lipinski definition) is 5. The van der Waals surface area contributed by atoms with Crippen LogP contribution in [0.1, 0.15) is 22.5 Å². The Bertz CT molecular complexity index is 613. The maximum atomic E-state index is 11.7. The van der Waals surface area contributed by atoms with Crippen molar-refractivity contribution < 1.29 is 13.2 Å². The van der Waals surface area contributed by atoms with Crippen LogP contribution in [0.25, 0.3) is 0 Å². The minimum absolute atomic E-state index is 0.0499. The van der Waals surface area contributed by atoms with E-state index in [0.29, 0.717) is 18.5 Å². The molecule has 0 aromatic carbocycles. The molecule has 108 valence electrons. The van der Waals surface area contributed by atoms with Crippen LogP contribution in [0.15, 0.2) is 18.3 Å². The number of nitrogens with one attached hydrogen (secondary N) is 1. The van der Waals surface area contributed by atoms with E-state index >= 15 is 0 Å². The molecule has 0 aliphatic carbocycles. The van der Waals surface area contributed by atoms with Gasteiger partial charge in [0.1, 0.15) is 15.5 Å². The van der Waals surface area contributed by atoms with Crippen LogP contribution in [-0.4, -0.2) is 44.4 Å². The zero-order valence-electron chi connectivity index (χ0n) is 11.2. The van der Waals surface area contributed by atoms with E-state index in [1.807, 2.05) is 0 Å². The number of nitrogens with zero attached hydrogens (tertiary/aromatic N) is 1. The number of pyridine rings is 1. The zero-order chi connectivity index (χ0) is 15.0. The van der Waals surface area contributed by atoms with E-state index in [4.69, 9.17) is 5.73 Å². The molecular formula is C13H17N3O3S. The highest BCUT2D eigenvalue weighted by molar-refractivity contribution is 7.90. The standard InChI is InChI=1S/C13H17N3O3S/c1-20(18,19)9-3-8-15-13(17)12-6-5-11(10-16-12)4-2-7-14/h5-6,10H,3,7-9,14H2,1H3,(H,15,17). The average molecular weight is 295 g/mol. The van der Waals surface area contributed by atoms with Gasteiger partial charge in [0.25, 0.3) is 5.91 Å².